The lowest BCUT2D eigenvalue weighted by atomic mass is 10.9. The second kappa shape index (κ2) is 5.86. The van der Waals surface area contributed by atoms with Crippen LogP contribution in [0.2, 0.25) is 0 Å². The topological polar surface area (TPSA) is 27.7 Å². The van der Waals surface area contributed by atoms with Gasteiger partial charge in [-0.15, -0.1) is 0 Å². The van der Waals surface area contributed by atoms with Crippen molar-refractivity contribution in [2.45, 2.75) is 0 Å². The molecule has 1 heterocycles. The van der Waals surface area contributed by atoms with Crippen LogP contribution < -0.4 is 0 Å². The minimum atomic E-state index is -2.39. The highest BCUT2D eigenvalue weighted by atomic mass is 33.1. The standard InChI is InChI=1S/C5H11O3PS3/c1-6-9(10)7-2-4-11-12-5-3-8-9/h2-5H2,1H3. The molecule has 0 unspecified atom stereocenters. The van der Waals surface area contributed by atoms with Crippen molar-refractivity contribution in [2.24, 2.45) is 0 Å². The molecule has 0 aromatic carbocycles. The molecule has 0 amide bonds. The zero-order chi connectivity index (χ0) is 8.86. The van der Waals surface area contributed by atoms with E-state index in [2.05, 4.69) is 0 Å². The van der Waals surface area contributed by atoms with Gasteiger partial charge >= 0.3 is 6.72 Å². The lowest BCUT2D eigenvalue weighted by molar-refractivity contribution is 0.193. The Kier molecular flexibility index (Phi) is 5.52. The molecule has 72 valence electrons. The predicted octanol–water partition coefficient (Wildman–Crippen LogP) is 2.29. The molecule has 12 heavy (non-hydrogen) atoms. The highest BCUT2D eigenvalue weighted by Gasteiger charge is 2.19. The average molecular weight is 246 g/mol. The van der Waals surface area contributed by atoms with Crippen LogP contribution in [0.4, 0.5) is 0 Å². The van der Waals surface area contributed by atoms with Crippen LogP contribution in [-0.4, -0.2) is 31.8 Å². The van der Waals surface area contributed by atoms with Crippen LogP contribution in [0.15, 0.2) is 0 Å². The van der Waals surface area contributed by atoms with Gasteiger partial charge in [-0.05, 0) is 11.8 Å². The lowest BCUT2D eigenvalue weighted by Gasteiger charge is -2.17. The Hall–Kier alpha value is 1.23. The number of hydrogen-bond donors (Lipinski definition) is 0. The van der Waals surface area contributed by atoms with E-state index in [-0.39, 0.29) is 0 Å². The van der Waals surface area contributed by atoms with Gasteiger partial charge in [-0.1, -0.05) is 21.6 Å². The summed E-state index contributed by atoms with van der Waals surface area (Å²) in [5, 5.41) is 0. The molecule has 0 spiro atoms. The van der Waals surface area contributed by atoms with E-state index in [0.29, 0.717) is 13.2 Å². The second-order valence-corrected chi connectivity index (χ2v) is 7.76. The molecule has 0 saturated carbocycles. The minimum Gasteiger partial charge on any atom is -0.312 e. The Labute approximate surface area is 85.6 Å². The molecule has 1 aliphatic rings. The Balaban J connectivity index is 2.44. The minimum absolute atomic E-state index is 0.614. The highest BCUT2D eigenvalue weighted by molar-refractivity contribution is 8.76. The molecule has 0 aromatic rings. The van der Waals surface area contributed by atoms with Crippen LogP contribution >= 0.6 is 28.3 Å². The SMILES string of the molecule is COP1(=S)OCCSSCCO1. The molecule has 0 aliphatic carbocycles. The van der Waals surface area contributed by atoms with E-state index < -0.39 is 6.72 Å². The summed E-state index contributed by atoms with van der Waals surface area (Å²) in [5.74, 6) is 1.88. The van der Waals surface area contributed by atoms with Crippen molar-refractivity contribution in [1.82, 2.24) is 0 Å². The van der Waals surface area contributed by atoms with E-state index in [1.54, 1.807) is 28.7 Å². The molecule has 1 saturated heterocycles. The van der Waals surface area contributed by atoms with Crippen molar-refractivity contribution in [2.75, 3.05) is 31.8 Å². The molecule has 3 nitrogen and oxygen atoms in total. The van der Waals surface area contributed by atoms with Gasteiger partial charge in [0.05, 0.1) is 13.2 Å². The summed E-state index contributed by atoms with van der Waals surface area (Å²) in [6.45, 7) is -1.16. The van der Waals surface area contributed by atoms with Gasteiger partial charge in [-0.25, -0.2) is 0 Å². The smallest absolute Gasteiger partial charge is 0.312 e. The van der Waals surface area contributed by atoms with Crippen LogP contribution in [0, 0.1) is 0 Å². The lowest BCUT2D eigenvalue weighted by Crippen LogP contribution is -2.00. The Morgan fingerprint density at radius 1 is 1.25 bits per heavy atom. The molecule has 0 bridgehead atoms. The third-order valence-electron chi connectivity index (χ3n) is 1.14. The quantitative estimate of drug-likeness (QED) is 0.520. The number of hydrogen-bond acceptors (Lipinski definition) is 6. The second-order valence-electron chi connectivity index (χ2n) is 1.94. The summed E-state index contributed by atoms with van der Waals surface area (Å²) in [6.07, 6.45) is 0. The third kappa shape index (κ3) is 3.96. The van der Waals surface area contributed by atoms with E-state index >= 15 is 0 Å². The number of rotatable bonds is 1. The van der Waals surface area contributed by atoms with Gasteiger partial charge in [-0.3, -0.25) is 0 Å². The van der Waals surface area contributed by atoms with Gasteiger partial charge in [0.15, 0.2) is 0 Å². The molecule has 0 atom stereocenters. The molecular formula is C5H11O3PS3. The zero-order valence-electron chi connectivity index (χ0n) is 6.73. The Morgan fingerprint density at radius 3 is 2.17 bits per heavy atom. The van der Waals surface area contributed by atoms with Crippen molar-refractivity contribution in [1.29, 1.82) is 0 Å². The first-order chi connectivity index (χ1) is 5.77. The van der Waals surface area contributed by atoms with Crippen LogP contribution in [-0.2, 0) is 25.4 Å². The molecular weight excluding hydrogens is 235 g/mol. The van der Waals surface area contributed by atoms with Gasteiger partial charge in [0.25, 0.3) is 0 Å². The molecule has 0 N–H and O–H groups in total. The molecule has 1 fully saturated rings. The summed E-state index contributed by atoms with van der Waals surface area (Å²) in [6, 6.07) is 0. The van der Waals surface area contributed by atoms with Crippen molar-refractivity contribution in [3.05, 3.63) is 0 Å². The van der Waals surface area contributed by atoms with E-state index in [1.807, 2.05) is 0 Å². The summed E-state index contributed by atoms with van der Waals surface area (Å²) >= 11 is 5.09. The Morgan fingerprint density at radius 2 is 1.75 bits per heavy atom. The summed E-state index contributed by atoms with van der Waals surface area (Å²) < 4.78 is 15.7. The largest absolute Gasteiger partial charge is 0.326 e. The van der Waals surface area contributed by atoms with Crippen LogP contribution in [0.3, 0.4) is 0 Å². The molecule has 0 radical (unpaired) electrons. The monoisotopic (exact) mass is 246 g/mol. The molecule has 0 aromatic heterocycles. The average Bonchev–Trinajstić information content (AvgIpc) is 2.18. The third-order valence-corrected chi connectivity index (χ3v) is 6.00. The van der Waals surface area contributed by atoms with E-state index in [4.69, 9.17) is 25.4 Å². The molecule has 1 rings (SSSR count). The first-order valence-corrected chi connectivity index (χ1v) is 8.50. The fraction of sp³-hybridized carbons (Fsp3) is 1.00. The van der Waals surface area contributed by atoms with Gasteiger partial charge in [0.1, 0.15) is 0 Å². The predicted molar refractivity (Wildman–Crippen MR) is 58.1 cm³/mol. The summed E-state index contributed by atoms with van der Waals surface area (Å²) in [4.78, 5) is 0. The van der Waals surface area contributed by atoms with Crippen molar-refractivity contribution >= 4 is 40.1 Å². The van der Waals surface area contributed by atoms with Gasteiger partial charge in [-0.2, -0.15) is 0 Å². The van der Waals surface area contributed by atoms with Crippen molar-refractivity contribution in [3.63, 3.8) is 0 Å². The van der Waals surface area contributed by atoms with Crippen LogP contribution in [0.5, 0.6) is 0 Å². The normalized spacial score (nSPS) is 25.4. The first kappa shape index (κ1) is 11.3. The summed E-state index contributed by atoms with van der Waals surface area (Å²) in [7, 11) is 5.10. The van der Waals surface area contributed by atoms with Gasteiger partial charge < -0.3 is 13.6 Å². The highest BCUT2D eigenvalue weighted by Crippen LogP contribution is 2.49. The maximum absolute atomic E-state index is 5.35. The fourth-order valence-electron chi connectivity index (χ4n) is 0.627. The zero-order valence-corrected chi connectivity index (χ0v) is 10.1. The molecule has 7 heteroatoms. The van der Waals surface area contributed by atoms with E-state index in [0.717, 1.165) is 11.5 Å². The van der Waals surface area contributed by atoms with Gasteiger partial charge in [0, 0.05) is 18.6 Å². The summed E-state index contributed by atoms with van der Waals surface area (Å²) in [5.41, 5.74) is 0. The maximum Gasteiger partial charge on any atom is 0.326 e. The fourth-order valence-corrected chi connectivity index (χ4v) is 3.89. The van der Waals surface area contributed by atoms with E-state index in [1.165, 1.54) is 0 Å². The van der Waals surface area contributed by atoms with Gasteiger partial charge in [0.2, 0.25) is 0 Å². The Bertz CT molecular complexity index is 163. The first-order valence-electron chi connectivity index (χ1n) is 3.46. The van der Waals surface area contributed by atoms with E-state index in [9.17, 15) is 0 Å². The van der Waals surface area contributed by atoms with Crippen LogP contribution in [0.1, 0.15) is 0 Å². The molecule has 1 aliphatic heterocycles. The van der Waals surface area contributed by atoms with Crippen molar-refractivity contribution < 1.29 is 13.6 Å². The van der Waals surface area contributed by atoms with Crippen molar-refractivity contribution in [3.8, 4) is 0 Å². The van der Waals surface area contributed by atoms with Crippen LogP contribution in [0.25, 0.3) is 0 Å². The maximum atomic E-state index is 5.35.